The summed E-state index contributed by atoms with van der Waals surface area (Å²) in [6.07, 6.45) is 6.85. The summed E-state index contributed by atoms with van der Waals surface area (Å²) in [6, 6.07) is 12.8. The van der Waals surface area contributed by atoms with Crippen molar-refractivity contribution in [3.8, 4) is 29.9 Å². The molecule has 8 heteroatoms. The third-order valence-corrected chi connectivity index (χ3v) is 5.89. The van der Waals surface area contributed by atoms with Crippen molar-refractivity contribution in [3.63, 3.8) is 0 Å². The number of thioether (sulfide) groups is 1. The largest absolute Gasteiger partial charge is 0.490 e. The molecule has 2 amide bonds. The zero-order valence-corrected chi connectivity index (χ0v) is 19.0. The van der Waals surface area contributed by atoms with E-state index in [9.17, 15) is 14.9 Å². The second-order valence-corrected chi connectivity index (χ2v) is 8.13. The number of ether oxygens (including phenoxy) is 2. The van der Waals surface area contributed by atoms with E-state index in [1.54, 1.807) is 30.3 Å². The van der Waals surface area contributed by atoms with Crippen LogP contribution < -0.4 is 9.47 Å². The van der Waals surface area contributed by atoms with Gasteiger partial charge in [-0.1, -0.05) is 40.0 Å². The molecule has 156 valence electrons. The summed E-state index contributed by atoms with van der Waals surface area (Å²) in [5.41, 5.74) is 1.95. The van der Waals surface area contributed by atoms with Crippen molar-refractivity contribution in [1.82, 2.24) is 4.90 Å². The number of carbonyl (C=O) groups excluding carboxylic acids is 2. The van der Waals surface area contributed by atoms with Crippen LogP contribution in [0.5, 0.6) is 11.5 Å². The van der Waals surface area contributed by atoms with Crippen molar-refractivity contribution in [2.24, 2.45) is 0 Å². The smallest absolute Gasteiger partial charge is 0.294 e. The molecule has 0 spiro atoms. The van der Waals surface area contributed by atoms with E-state index in [1.165, 1.54) is 0 Å². The van der Waals surface area contributed by atoms with Crippen LogP contribution in [0.3, 0.4) is 0 Å². The minimum atomic E-state index is -0.425. The molecule has 0 radical (unpaired) electrons. The number of halogens is 1. The van der Waals surface area contributed by atoms with Crippen molar-refractivity contribution in [3.05, 3.63) is 62.5 Å². The number of rotatable bonds is 7. The van der Waals surface area contributed by atoms with Crippen molar-refractivity contribution in [1.29, 1.82) is 5.26 Å². The molecule has 3 rings (SSSR count). The van der Waals surface area contributed by atoms with E-state index in [-0.39, 0.29) is 18.1 Å². The Bertz CT molecular complexity index is 1150. The number of nitriles is 1. The van der Waals surface area contributed by atoms with Crippen LogP contribution in [-0.2, 0) is 11.4 Å². The lowest BCUT2D eigenvalue weighted by Gasteiger charge is -2.14. The molecule has 2 aromatic carbocycles. The summed E-state index contributed by atoms with van der Waals surface area (Å²) >= 11 is 4.33. The van der Waals surface area contributed by atoms with E-state index >= 15 is 0 Å². The Labute approximate surface area is 192 Å². The molecular weight excluding hydrogens is 480 g/mol. The summed E-state index contributed by atoms with van der Waals surface area (Å²) in [5.74, 6) is 2.85. The molecule has 31 heavy (non-hydrogen) atoms. The molecule has 0 unspecified atom stereocenters. The van der Waals surface area contributed by atoms with Crippen molar-refractivity contribution in [2.75, 3.05) is 13.2 Å². The van der Waals surface area contributed by atoms with Crippen LogP contribution in [0.1, 0.15) is 23.6 Å². The van der Waals surface area contributed by atoms with Crippen LogP contribution in [-0.4, -0.2) is 29.2 Å². The third kappa shape index (κ3) is 5.11. The molecule has 0 aliphatic carbocycles. The lowest BCUT2D eigenvalue weighted by Crippen LogP contribution is -2.28. The molecule has 0 bridgehead atoms. The summed E-state index contributed by atoms with van der Waals surface area (Å²) in [5, 5.41) is 8.85. The summed E-state index contributed by atoms with van der Waals surface area (Å²) < 4.78 is 12.3. The number of hydrogen-bond donors (Lipinski definition) is 0. The van der Waals surface area contributed by atoms with Gasteiger partial charge in [0, 0.05) is 10.0 Å². The van der Waals surface area contributed by atoms with Crippen LogP contribution in [0.2, 0.25) is 0 Å². The van der Waals surface area contributed by atoms with Crippen molar-refractivity contribution in [2.45, 2.75) is 13.5 Å². The van der Waals surface area contributed by atoms with E-state index < -0.39 is 11.1 Å². The first-order valence-corrected chi connectivity index (χ1v) is 10.8. The summed E-state index contributed by atoms with van der Waals surface area (Å²) in [6.45, 7) is 2.39. The quantitative estimate of drug-likeness (QED) is 0.397. The molecular formula is C23H17BrN2O4S. The van der Waals surface area contributed by atoms with E-state index in [0.29, 0.717) is 33.7 Å². The molecule has 1 aliphatic rings. The van der Waals surface area contributed by atoms with Gasteiger partial charge in [0.1, 0.15) is 6.61 Å². The first kappa shape index (κ1) is 22.5. The number of nitrogens with zero attached hydrogens (tertiary/aromatic N) is 2. The van der Waals surface area contributed by atoms with Crippen molar-refractivity contribution >= 4 is 44.9 Å². The first-order chi connectivity index (χ1) is 15.0. The maximum Gasteiger partial charge on any atom is 0.294 e. The molecule has 0 atom stereocenters. The number of terminal acetylenes is 1. The minimum absolute atomic E-state index is 0.0652. The molecule has 0 saturated carbocycles. The van der Waals surface area contributed by atoms with Crippen LogP contribution in [0.25, 0.3) is 6.08 Å². The fourth-order valence-electron chi connectivity index (χ4n) is 2.82. The zero-order chi connectivity index (χ0) is 22.4. The Kier molecular flexibility index (Phi) is 7.41. The van der Waals surface area contributed by atoms with Gasteiger partial charge in [-0.2, -0.15) is 5.26 Å². The maximum absolute atomic E-state index is 12.4. The number of amides is 2. The third-order valence-electron chi connectivity index (χ3n) is 4.29. The van der Waals surface area contributed by atoms with Gasteiger partial charge in [-0.25, -0.2) is 0 Å². The van der Waals surface area contributed by atoms with E-state index in [0.717, 1.165) is 22.2 Å². The fraction of sp³-hybridized carbons (Fsp3) is 0.174. The van der Waals surface area contributed by atoms with Crippen LogP contribution in [0, 0.1) is 23.7 Å². The van der Waals surface area contributed by atoms with Gasteiger partial charge < -0.3 is 9.47 Å². The Hall–Kier alpha value is -3.20. The van der Waals surface area contributed by atoms with Crippen LogP contribution in [0.4, 0.5) is 4.79 Å². The Morgan fingerprint density at radius 2 is 1.97 bits per heavy atom. The summed E-state index contributed by atoms with van der Waals surface area (Å²) in [4.78, 5) is 25.8. The number of hydrogen-bond acceptors (Lipinski definition) is 6. The highest BCUT2D eigenvalue weighted by Crippen LogP contribution is 2.38. The van der Waals surface area contributed by atoms with Crippen LogP contribution in [0.15, 0.2) is 45.8 Å². The molecule has 6 nitrogen and oxygen atoms in total. The van der Waals surface area contributed by atoms with Gasteiger partial charge >= 0.3 is 0 Å². The normalized spacial score (nSPS) is 14.5. The average Bonchev–Trinajstić information content (AvgIpc) is 3.03. The number of benzene rings is 2. The monoisotopic (exact) mass is 496 g/mol. The number of imide groups is 1. The lowest BCUT2D eigenvalue weighted by molar-refractivity contribution is -0.122. The molecule has 1 saturated heterocycles. The highest BCUT2D eigenvalue weighted by molar-refractivity contribution is 9.10. The second kappa shape index (κ2) is 10.2. The predicted molar refractivity (Wildman–Crippen MR) is 122 cm³/mol. The topological polar surface area (TPSA) is 79.6 Å². The van der Waals surface area contributed by atoms with Gasteiger partial charge in [-0.05, 0) is 48.5 Å². The molecule has 0 N–H and O–H groups in total. The number of carbonyl (C=O) groups is 2. The molecule has 0 aromatic heterocycles. The van der Waals surface area contributed by atoms with Gasteiger partial charge in [0.05, 0.1) is 29.7 Å². The van der Waals surface area contributed by atoms with Crippen LogP contribution >= 0.6 is 27.7 Å². The predicted octanol–water partition coefficient (Wildman–Crippen LogP) is 4.97. The van der Waals surface area contributed by atoms with Gasteiger partial charge in [0.2, 0.25) is 0 Å². The van der Waals surface area contributed by atoms with Crippen molar-refractivity contribution < 1.29 is 19.1 Å². The first-order valence-electron chi connectivity index (χ1n) is 9.24. The SMILES string of the molecule is C#CCN1C(=O)S/C(=C/c2cc(OCC)c(OCc3ccccc3C#N)cc2Br)C1=O. The standard InChI is InChI=1S/C23H17BrN2O4S/c1-3-9-26-22(27)21(31-23(26)28)11-17-10-19(29-4-2)20(12-18(17)24)30-14-16-8-6-5-7-15(16)13-25/h1,5-8,10-12H,4,9,14H2,2H3/b21-11+. The second-order valence-electron chi connectivity index (χ2n) is 6.28. The highest BCUT2D eigenvalue weighted by Gasteiger charge is 2.34. The minimum Gasteiger partial charge on any atom is -0.490 e. The zero-order valence-electron chi connectivity index (χ0n) is 16.6. The van der Waals surface area contributed by atoms with E-state index in [1.807, 2.05) is 19.1 Å². The van der Waals surface area contributed by atoms with E-state index in [4.69, 9.17) is 15.9 Å². The highest BCUT2D eigenvalue weighted by atomic mass is 79.9. The molecule has 2 aromatic rings. The Morgan fingerprint density at radius 1 is 1.23 bits per heavy atom. The van der Waals surface area contributed by atoms with Gasteiger partial charge in [-0.3, -0.25) is 14.5 Å². The summed E-state index contributed by atoms with van der Waals surface area (Å²) in [7, 11) is 0. The molecule has 1 fully saturated rings. The maximum atomic E-state index is 12.4. The average molecular weight is 497 g/mol. The molecule has 1 aliphatic heterocycles. The van der Waals surface area contributed by atoms with E-state index in [2.05, 4.69) is 27.9 Å². The Morgan fingerprint density at radius 3 is 2.68 bits per heavy atom. The Balaban J connectivity index is 1.89. The lowest BCUT2D eigenvalue weighted by atomic mass is 10.1. The fourth-order valence-corrected chi connectivity index (χ4v) is 4.09. The van der Waals surface area contributed by atoms with Gasteiger partial charge in [0.25, 0.3) is 11.1 Å². The van der Waals surface area contributed by atoms with Gasteiger partial charge in [-0.15, -0.1) is 6.42 Å². The van der Waals surface area contributed by atoms with Gasteiger partial charge in [0.15, 0.2) is 11.5 Å². The molecule has 1 heterocycles.